The van der Waals surface area contributed by atoms with Crippen molar-refractivity contribution in [1.82, 2.24) is 29.7 Å². The van der Waals surface area contributed by atoms with Crippen molar-refractivity contribution in [2.75, 3.05) is 50.7 Å². The van der Waals surface area contributed by atoms with Gasteiger partial charge in [0.25, 0.3) is 0 Å². The summed E-state index contributed by atoms with van der Waals surface area (Å²) in [5, 5.41) is 8.16. The molecular weight excluding hydrogens is 421 g/mol. The number of benzene rings is 1. The lowest BCUT2D eigenvalue weighted by Crippen LogP contribution is -2.47. The van der Waals surface area contributed by atoms with Crippen LogP contribution in [0.4, 0.5) is 14.3 Å². The lowest BCUT2D eigenvalue weighted by Gasteiger charge is -2.34. The Hall–Kier alpha value is -3.05. The van der Waals surface area contributed by atoms with Crippen molar-refractivity contribution in [2.24, 2.45) is 0 Å². The van der Waals surface area contributed by atoms with Crippen LogP contribution in [0.5, 0.6) is 0 Å². The number of amides is 3. The molecule has 0 bridgehead atoms. The molecule has 5 rings (SSSR count). The van der Waals surface area contributed by atoms with Crippen molar-refractivity contribution in [3.63, 3.8) is 0 Å². The molecule has 11 heteroatoms. The molecule has 2 aromatic heterocycles. The minimum Gasteiger partial charge on any atom is -0.344 e. The number of hydrogen-bond donors (Lipinski definition) is 1. The third-order valence-electron chi connectivity index (χ3n) is 5.61. The summed E-state index contributed by atoms with van der Waals surface area (Å²) in [5.74, 6) is -0.412. The van der Waals surface area contributed by atoms with Gasteiger partial charge in [-0.2, -0.15) is 0 Å². The molecule has 162 valence electrons. The Balaban J connectivity index is 1.14. The van der Waals surface area contributed by atoms with Gasteiger partial charge in [-0.3, -0.25) is 14.6 Å². The lowest BCUT2D eigenvalue weighted by molar-refractivity contribution is -0.125. The first kappa shape index (κ1) is 19.9. The van der Waals surface area contributed by atoms with E-state index in [-0.39, 0.29) is 24.3 Å². The molecule has 1 N–H and O–H groups in total. The SMILES string of the molecule is O=C1CNC(=O)N1CCCN1CCN(c2nn3cc(-c4ccc(F)cc4)nc3s2)CC1. The molecule has 0 atom stereocenters. The number of hydrogen-bond acceptors (Lipinski definition) is 7. The van der Waals surface area contributed by atoms with E-state index >= 15 is 0 Å². The normalized spacial score (nSPS) is 17.7. The van der Waals surface area contributed by atoms with Gasteiger partial charge in [0.2, 0.25) is 16.0 Å². The first-order valence-electron chi connectivity index (χ1n) is 10.2. The summed E-state index contributed by atoms with van der Waals surface area (Å²) in [4.78, 5) is 34.5. The monoisotopic (exact) mass is 443 g/mol. The van der Waals surface area contributed by atoms with Gasteiger partial charge >= 0.3 is 6.03 Å². The minimum absolute atomic E-state index is 0.111. The van der Waals surface area contributed by atoms with Gasteiger partial charge in [-0.1, -0.05) is 11.3 Å². The summed E-state index contributed by atoms with van der Waals surface area (Å²) >= 11 is 1.54. The zero-order valence-electron chi connectivity index (χ0n) is 16.8. The molecule has 2 aliphatic heterocycles. The highest BCUT2D eigenvalue weighted by Gasteiger charge is 2.28. The van der Waals surface area contributed by atoms with Crippen molar-refractivity contribution in [1.29, 1.82) is 0 Å². The van der Waals surface area contributed by atoms with Crippen molar-refractivity contribution in [2.45, 2.75) is 6.42 Å². The Morgan fingerprint density at radius 3 is 2.52 bits per heavy atom. The Morgan fingerprint density at radius 1 is 1.06 bits per heavy atom. The molecule has 3 aromatic rings. The largest absolute Gasteiger partial charge is 0.344 e. The number of nitrogens with zero attached hydrogens (tertiary/aromatic N) is 6. The maximum atomic E-state index is 13.1. The zero-order valence-corrected chi connectivity index (χ0v) is 17.6. The van der Waals surface area contributed by atoms with Crippen molar-refractivity contribution in [3.05, 3.63) is 36.3 Å². The standard InChI is InChI=1S/C20H22FN7O2S/c21-15-4-2-14(3-5-15)16-13-28-19(23-16)31-20(24-28)26-10-8-25(9-11-26)6-1-7-27-17(29)12-22-18(27)30/h2-5,13H,1,6-12H2,(H,22,30). The summed E-state index contributed by atoms with van der Waals surface area (Å²) in [6.45, 7) is 4.97. The maximum absolute atomic E-state index is 13.1. The Kier molecular flexibility index (Phi) is 5.28. The van der Waals surface area contributed by atoms with E-state index in [1.54, 1.807) is 28.0 Å². The molecule has 0 spiro atoms. The van der Waals surface area contributed by atoms with Gasteiger partial charge in [-0.15, -0.1) is 5.10 Å². The number of aromatic nitrogens is 3. The molecule has 0 unspecified atom stereocenters. The van der Waals surface area contributed by atoms with Gasteiger partial charge < -0.3 is 10.2 Å². The second-order valence-corrected chi connectivity index (χ2v) is 8.57. The van der Waals surface area contributed by atoms with E-state index in [1.807, 2.05) is 6.20 Å². The number of carbonyl (C=O) groups is 2. The highest BCUT2D eigenvalue weighted by molar-refractivity contribution is 7.20. The fourth-order valence-electron chi connectivity index (χ4n) is 3.87. The number of anilines is 1. The Labute approximate surface area is 182 Å². The maximum Gasteiger partial charge on any atom is 0.324 e. The summed E-state index contributed by atoms with van der Waals surface area (Å²) in [6, 6.07) is 6.01. The van der Waals surface area contributed by atoms with Crippen molar-refractivity contribution in [3.8, 4) is 11.3 Å². The molecule has 2 fully saturated rings. The third-order valence-corrected chi connectivity index (χ3v) is 6.59. The summed E-state index contributed by atoms with van der Waals surface area (Å²) in [7, 11) is 0. The number of rotatable bonds is 6. The van der Waals surface area contributed by atoms with E-state index in [2.05, 4.69) is 25.2 Å². The van der Waals surface area contributed by atoms with Crippen LogP contribution in [0.25, 0.3) is 16.2 Å². The van der Waals surface area contributed by atoms with E-state index in [0.717, 1.165) is 60.5 Å². The van der Waals surface area contributed by atoms with E-state index in [4.69, 9.17) is 0 Å². The van der Waals surface area contributed by atoms with Gasteiger partial charge in [0, 0.05) is 38.3 Å². The first-order chi connectivity index (χ1) is 15.1. The molecular formula is C20H22FN7O2S. The molecule has 31 heavy (non-hydrogen) atoms. The van der Waals surface area contributed by atoms with Gasteiger partial charge in [0.15, 0.2) is 0 Å². The van der Waals surface area contributed by atoms with Crippen LogP contribution in [0.1, 0.15) is 6.42 Å². The van der Waals surface area contributed by atoms with Crippen LogP contribution in [0, 0.1) is 5.82 Å². The number of urea groups is 1. The number of fused-ring (bicyclic) bond motifs is 1. The smallest absolute Gasteiger partial charge is 0.324 e. The molecule has 1 aromatic carbocycles. The molecule has 4 heterocycles. The zero-order chi connectivity index (χ0) is 21.4. The van der Waals surface area contributed by atoms with Crippen LogP contribution >= 0.6 is 11.3 Å². The molecule has 9 nitrogen and oxygen atoms in total. The average molecular weight is 444 g/mol. The number of halogens is 1. The number of carbonyl (C=O) groups excluding carboxylic acids is 2. The Morgan fingerprint density at radius 2 is 1.84 bits per heavy atom. The fraction of sp³-hybridized carbons (Fsp3) is 0.400. The van der Waals surface area contributed by atoms with E-state index in [0.29, 0.717) is 6.54 Å². The average Bonchev–Trinajstić information content (AvgIpc) is 3.44. The molecule has 2 saturated heterocycles. The van der Waals surface area contributed by atoms with Crippen molar-refractivity contribution >= 4 is 33.4 Å². The summed E-state index contributed by atoms with van der Waals surface area (Å²) < 4.78 is 14.9. The minimum atomic E-state index is -0.286. The van der Waals surface area contributed by atoms with Crippen LogP contribution in [0.15, 0.2) is 30.5 Å². The second-order valence-electron chi connectivity index (χ2n) is 7.63. The number of piperazine rings is 1. The topological polar surface area (TPSA) is 86.1 Å². The van der Waals surface area contributed by atoms with Gasteiger partial charge in [-0.25, -0.2) is 18.7 Å². The van der Waals surface area contributed by atoms with Crippen molar-refractivity contribution < 1.29 is 14.0 Å². The van der Waals surface area contributed by atoms with Crippen LogP contribution in [-0.4, -0.2) is 82.1 Å². The van der Waals surface area contributed by atoms with Crippen LogP contribution in [0.3, 0.4) is 0 Å². The van der Waals surface area contributed by atoms with Gasteiger partial charge in [0.05, 0.1) is 18.4 Å². The molecule has 2 aliphatic rings. The summed E-state index contributed by atoms with van der Waals surface area (Å²) in [6.07, 6.45) is 2.64. The predicted molar refractivity (Wildman–Crippen MR) is 115 cm³/mol. The quantitative estimate of drug-likeness (QED) is 0.584. The third kappa shape index (κ3) is 4.10. The number of imide groups is 1. The lowest BCUT2D eigenvalue weighted by atomic mass is 10.2. The molecule has 0 radical (unpaired) electrons. The molecule has 0 aliphatic carbocycles. The van der Waals surface area contributed by atoms with Crippen LogP contribution < -0.4 is 10.2 Å². The number of imidazole rings is 1. The van der Waals surface area contributed by atoms with E-state index in [1.165, 1.54) is 17.0 Å². The van der Waals surface area contributed by atoms with Gasteiger partial charge in [0.1, 0.15) is 5.82 Å². The molecule has 3 amide bonds. The molecule has 0 saturated carbocycles. The Bertz CT molecular complexity index is 1060. The van der Waals surface area contributed by atoms with E-state index < -0.39 is 0 Å². The van der Waals surface area contributed by atoms with Crippen LogP contribution in [0.2, 0.25) is 0 Å². The van der Waals surface area contributed by atoms with E-state index in [9.17, 15) is 14.0 Å². The number of nitrogens with one attached hydrogen (secondary N) is 1. The second kappa shape index (κ2) is 8.23. The summed E-state index contributed by atoms with van der Waals surface area (Å²) in [5.41, 5.74) is 1.64. The van der Waals surface area contributed by atoms with Gasteiger partial charge in [-0.05, 0) is 37.2 Å². The van der Waals surface area contributed by atoms with Crippen LogP contribution in [-0.2, 0) is 4.79 Å². The fourth-order valence-corrected chi connectivity index (χ4v) is 4.81. The highest BCUT2D eigenvalue weighted by Crippen LogP contribution is 2.27. The first-order valence-corrected chi connectivity index (χ1v) is 11.1. The predicted octanol–water partition coefficient (Wildman–Crippen LogP) is 1.66. The highest BCUT2D eigenvalue weighted by atomic mass is 32.1.